The molecule has 7 nitrogen and oxygen atoms in total. The highest BCUT2D eigenvalue weighted by Gasteiger charge is 2.19. The maximum absolute atomic E-state index is 12.9. The van der Waals surface area contributed by atoms with Gasteiger partial charge in [0.2, 0.25) is 5.91 Å². The zero-order chi connectivity index (χ0) is 21.1. The molecule has 0 saturated carbocycles. The van der Waals surface area contributed by atoms with Gasteiger partial charge in [-0.3, -0.25) is 4.79 Å². The maximum atomic E-state index is 12.9. The molecule has 0 radical (unpaired) electrons. The molecule has 2 rings (SSSR count). The molecule has 1 saturated heterocycles. The van der Waals surface area contributed by atoms with Crippen molar-refractivity contribution >= 4 is 11.9 Å². The van der Waals surface area contributed by atoms with Crippen LogP contribution in [-0.2, 0) is 11.3 Å². The Hall–Kier alpha value is -2.19. The first kappa shape index (κ1) is 23.1. The Labute approximate surface area is 173 Å². The Balaban J connectivity index is 1.67. The topological polar surface area (TPSA) is 76.7 Å². The van der Waals surface area contributed by atoms with E-state index in [-0.39, 0.29) is 18.3 Å². The SMILES string of the molecule is CCCC(NC(=O)NCc1ccc(F)cc1)C(=O)NCCCN1CCN(C)CC1. The molecule has 3 N–H and O–H groups in total. The number of amides is 3. The second-order valence-electron chi connectivity index (χ2n) is 7.58. The molecule has 1 aliphatic heterocycles. The zero-order valence-electron chi connectivity index (χ0n) is 17.5. The molecule has 0 aromatic heterocycles. The van der Waals surface area contributed by atoms with Crippen LogP contribution in [0.2, 0.25) is 0 Å². The Morgan fingerprint density at radius 2 is 1.79 bits per heavy atom. The minimum absolute atomic E-state index is 0.151. The minimum atomic E-state index is -0.558. The average molecular weight is 408 g/mol. The summed E-state index contributed by atoms with van der Waals surface area (Å²) in [5.74, 6) is -0.465. The van der Waals surface area contributed by atoms with Gasteiger partial charge in [-0.05, 0) is 44.1 Å². The number of hydrogen-bond donors (Lipinski definition) is 3. The van der Waals surface area contributed by atoms with Crippen molar-refractivity contribution in [3.63, 3.8) is 0 Å². The Morgan fingerprint density at radius 3 is 2.45 bits per heavy atom. The first-order valence-corrected chi connectivity index (χ1v) is 10.5. The highest BCUT2D eigenvalue weighted by Crippen LogP contribution is 2.03. The van der Waals surface area contributed by atoms with Crippen LogP contribution in [0.4, 0.5) is 9.18 Å². The van der Waals surface area contributed by atoms with E-state index in [1.165, 1.54) is 12.1 Å². The number of benzene rings is 1. The summed E-state index contributed by atoms with van der Waals surface area (Å²) in [4.78, 5) is 29.3. The van der Waals surface area contributed by atoms with Crippen LogP contribution in [-0.4, -0.2) is 74.1 Å². The summed E-state index contributed by atoms with van der Waals surface area (Å²) in [7, 11) is 2.13. The molecule has 0 bridgehead atoms. The largest absolute Gasteiger partial charge is 0.354 e. The highest BCUT2D eigenvalue weighted by atomic mass is 19.1. The van der Waals surface area contributed by atoms with Crippen LogP contribution in [0.5, 0.6) is 0 Å². The van der Waals surface area contributed by atoms with Crippen molar-refractivity contribution in [2.24, 2.45) is 0 Å². The summed E-state index contributed by atoms with van der Waals surface area (Å²) in [6.07, 6.45) is 2.26. The van der Waals surface area contributed by atoms with Gasteiger partial charge >= 0.3 is 6.03 Å². The molecular formula is C21H34FN5O2. The van der Waals surface area contributed by atoms with Crippen LogP contribution in [0.3, 0.4) is 0 Å². The van der Waals surface area contributed by atoms with Crippen molar-refractivity contribution in [1.29, 1.82) is 0 Å². The molecule has 1 unspecified atom stereocenters. The van der Waals surface area contributed by atoms with E-state index < -0.39 is 12.1 Å². The molecule has 1 atom stereocenters. The molecule has 1 aromatic carbocycles. The van der Waals surface area contributed by atoms with Crippen LogP contribution in [0.25, 0.3) is 0 Å². The van der Waals surface area contributed by atoms with Crippen LogP contribution < -0.4 is 16.0 Å². The number of rotatable bonds is 10. The molecule has 8 heteroatoms. The highest BCUT2D eigenvalue weighted by molar-refractivity contribution is 5.86. The van der Waals surface area contributed by atoms with Gasteiger partial charge < -0.3 is 25.8 Å². The fourth-order valence-electron chi connectivity index (χ4n) is 3.26. The fourth-order valence-corrected chi connectivity index (χ4v) is 3.26. The van der Waals surface area contributed by atoms with Crippen molar-refractivity contribution in [3.05, 3.63) is 35.6 Å². The minimum Gasteiger partial charge on any atom is -0.354 e. The number of nitrogens with one attached hydrogen (secondary N) is 3. The van der Waals surface area contributed by atoms with Gasteiger partial charge in [0, 0.05) is 39.3 Å². The lowest BCUT2D eigenvalue weighted by Crippen LogP contribution is -2.50. The van der Waals surface area contributed by atoms with Crippen molar-refractivity contribution in [2.45, 2.75) is 38.8 Å². The summed E-state index contributed by atoms with van der Waals surface area (Å²) in [6, 6.07) is 4.98. The lowest BCUT2D eigenvalue weighted by atomic mass is 10.1. The van der Waals surface area contributed by atoms with Crippen LogP contribution in [0.15, 0.2) is 24.3 Å². The maximum Gasteiger partial charge on any atom is 0.315 e. The third-order valence-corrected chi connectivity index (χ3v) is 5.11. The first-order valence-electron chi connectivity index (χ1n) is 10.5. The number of nitrogens with zero attached hydrogens (tertiary/aromatic N) is 2. The summed E-state index contributed by atoms with van der Waals surface area (Å²) >= 11 is 0. The molecule has 1 fully saturated rings. The molecule has 3 amide bonds. The van der Waals surface area contributed by atoms with Gasteiger partial charge in [0.15, 0.2) is 0 Å². The fraction of sp³-hybridized carbons (Fsp3) is 0.619. The van der Waals surface area contributed by atoms with Gasteiger partial charge in [0.1, 0.15) is 11.9 Å². The molecule has 1 heterocycles. The third-order valence-electron chi connectivity index (χ3n) is 5.11. The van der Waals surface area contributed by atoms with Crippen molar-refractivity contribution < 1.29 is 14.0 Å². The number of hydrogen-bond acceptors (Lipinski definition) is 4. The molecule has 1 aromatic rings. The molecule has 0 aliphatic carbocycles. The van der Waals surface area contributed by atoms with Gasteiger partial charge in [-0.25, -0.2) is 9.18 Å². The van der Waals surface area contributed by atoms with E-state index in [1.54, 1.807) is 12.1 Å². The van der Waals surface area contributed by atoms with E-state index in [9.17, 15) is 14.0 Å². The normalized spacial score (nSPS) is 16.2. The Morgan fingerprint density at radius 1 is 1.10 bits per heavy atom. The molecule has 162 valence electrons. The van der Waals surface area contributed by atoms with E-state index >= 15 is 0 Å². The van der Waals surface area contributed by atoms with Gasteiger partial charge in [-0.1, -0.05) is 25.5 Å². The van der Waals surface area contributed by atoms with Crippen molar-refractivity contribution in [3.8, 4) is 0 Å². The van der Waals surface area contributed by atoms with Gasteiger partial charge in [-0.15, -0.1) is 0 Å². The van der Waals surface area contributed by atoms with Gasteiger partial charge in [0.05, 0.1) is 0 Å². The van der Waals surface area contributed by atoms with Crippen LogP contribution in [0, 0.1) is 5.82 Å². The monoisotopic (exact) mass is 407 g/mol. The number of piperazine rings is 1. The number of likely N-dealkylation sites (N-methyl/N-ethyl adjacent to an activating group) is 1. The quantitative estimate of drug-likeness (QED) is 0.515. The van der Waals surface area contributed by atoms with E-state index in [2.05, 4.69) is 32.8 Å². The molecular weight excluding hydrogens is 373 g/mol. The predicted octanol–water partition coefficient (Wildman–Crippen LogP) is 1.55. The van der Waals surface area contributed by atoms with Crippen LogP contribution >= 0.6 is 0 Å². The van der Waals surface area contributed by atoms with Crippen molar-refractivity contribution in [1.82, 2.24) is 25.8 Å². The van der Waals surface area contributed by atoms with Crippen LogP contribution in [0.1, 0.15) is 31.7 Å². The lowest BCUT2D eigenvalue weighted by molar-refractivity contribution is -0.123. The Bertz CT molecular complexity index is 632. The molecule has 29 heavy (non-hydrogen) atoms. The number of halogens is 1. The second kappa shape index (κ2) is 12.4. The third kappa shape index (κ3) is 8.79. The van der Waals surface area contributed by atoms with E-state index in [1.807, 2.05) is 6.92 Å². The summed E-state index contributed by atoms with van der Waals surface area (Å²) in [5, 5.41) is 8.40. The van der Waals surface area contributed by atoms with Crippen molar-refractivity contribution in [2.75, 3.05) is 46.3 Å². The molecule has 1 aliphatic rings. The van der Waals surface area contributed by atoms with E-state index in [4.69, 9.17) is 0 Å². The second-order valence-corrected chi connectivity index (χ2v) is 7.58. The average Bonchev–Trinajstić information content (AvgIpc) is 2.71. The molecule has 0 spiro atoms. The summed E-state index contributed by atoms with van der Waals surface area (Å²) in [6.45, 7) is 8.13. The smallest absolute Gasteiger partial charge is 0.315 e. The summed E-state index contributed by atoms with van der Waals surface area (Å²) < 4.78 is 12.9. The number of carbonyl (C=O) groups excluding carboxylic acids is 2. The first-order chi connectivity index (χ1) is 14.0. The lowest BCUT2D eigenvalue weighted by Gasteiger charge is -2.32. The van der Waals surface area contributed by atoms with E-state index in [0.717, 1.165) is 51.1 Å². The zero-order valence-corrected chi connectivity index (χ0v) is 17.5. The summed E-state index contributed by atoms with van der Waals surface area (Å²) in [5.41, 5.74) is 0.793. The number of urea groups is 1. The standard InChI is InChI=1S/C21H34FN5O2/c1-3-5-19(25-21(29)24-16-17-6-8-18(22)9-7-17)20(28)23-10-4-11-27-14-12-26(2)13-15-27/h6-9,19H,3-5,10-16H2,1-2H3,(H,23,28)(H2,24,25,29). The Kier molecular flexibility index (Phi) is 9.87. The number of carbonyl (C=O) groups is 2. The predicted molar refractivity (Wildman–Crippen MR) is 112 cm³/mol. The van der Waals surface area contributed by atoms with E-state index in [0.29, 0.717) is 13.0 Å². The van der Waals surface area contributed by atoms with Gasteiger partial charge in [-0.2, -0.15) is 0 Å². The van der Waals surface area contributed by atoms with Gasteiger partial charge in [0.25, 0.3) is 0 Å².